The van der Waals surface area contributed by atoms with Crippen molar-refractivity contribution < 1.29 is 18.6 Å². The molecular weight excluding hydrogens is 485 g/mol. The van der Waals surface area contributed by atoms with E-state index in [1.807, 2.05) is 36.4 Å². The lowest BCUT2D eigenvalue weighted by atomic mass is 9.93. The third kappa shape index (κ3) is 5.21. The van der Waals surface area contributed by atoms with Crippen LogP contribution in [0.2, 0.25) is 0 Å². The summed E-state index contributed by atoms with van der Waals surface area (Å²) in [7, 11) is 0. The van der Waals surface area contributed by atoms with Crippen molar-refractivity contribution >= 4 is 29.5 Å². The maximum Gasteiger partial charge on any atom is 0.715 e. The molecule has 6 heteroatoms. The first-order chi connectivity index (χ1) is 19.2. The van der Waals surface area contributed by atoms with Gasteiger partial charge in [0.15, 0.2) is 0 Å². The smallest absolute Gasteiger partial charge is 0.622 e. The van der Waals surface area contributed by atoms with Gasteiger partial charge in [-0.05, 0) is 48.1 Å². The molecule has 1 spiro atoms. The zero-order valence-electron chi connectivity index (χ0n) is 22.7. The summed E-state index contributed by atoms with van der Waals surface area (Å²) in [4.78, 5) is 2.50. The fourth-order valence-corrected chi connectivity index (χ4v) is 5.34. The Morgan fingerprint density at radius 3 is 2.10 bits per heavy atom. The van der Waals surface area contributed by atoms with E-state index in [2.05, 4.69) is 79.4 Å². The van der Waals surface area contributed by atoms with Crippen LogP contribution < -0.4 is 18.9 Å². The van der Waals surface area contributed by atoms with Gasteiger partial charge in [0.1, 0.15) is 11.5 Å². The molecule has 0 radical (unpaired) electrons. The summed E-state index contributed by atoms with van der Waals surface area (Å²) < 4.78 is 25.3. The monoisotopic (exact) mass is 520 g/mol. The molecule has 4 aromatic carbocycles. The Morgan fingerprint density at radius 2 is 1.41 bits per heavy atom. The van der Waals surface area contributed by atoms with Gasteiger partial charge in [0.25, 0.3) is 0 Å². The average molecular weight is 520 g/mol. The number of hydrogen-bond acceptors (Lipinski definition) is 5. The highest BCUT2D eigenvalue weighted by atomic mass is 16.9. The molecule has 200 valence electrons. The third-order valence-electron chi connectivity index (χ3n) is 7.47. The van der Waals surface area contributed by atoms with Crippen molar-refractivity contribution in [3.05, 3.63) is 102 Å². The maximum absolute atomic E-state index is 6.47. The lowest BCUT2D eigenvalue weighted by molar-refractivity contribution is 0.0644. The molecule has 0 unspecified atom stereocenters. The van der Waals surface area contributed by atoms with Gasteiger partial charge >= 0.3 is 6.96 Å². The molecule has 0 bridgehead atoms. The van der Waals surface area contributed by atoms with Crippen LogP contribution in [-0.4, -0.2) is 20.0 Å². The summed E-state index contributed by atoms with van der Waals surface area (Å²) in [5.41, 5.74) is 3.34. The number of unbranched alkanes of at least 4 members (excludes halogenated alkanes) is 2. The Hall–Kier alpha value is -3.90. The van der Waals surface area contributed by atoms with E-state index in [-0.39, 0.29) is 0 Å². The number of fused-ring (bicyclic) bond motifs is 4. The fourth-order valence-electron chi connectivity index (χ4n) is 5.34. The topological polar surface area (TPSA) is 40.2 Å². The Morgan fingerprint density at radius 1 is 0.744 bits per heavy atom. The molecule has 2 aliphatic rings. The second-order valence-corrected chi connectivity index (χ2v) is 10.3. The molecule has 5 nitrogen and oxygen atoms in total. The Balaban J connectivity index is 1.29. The molecule has 0 saturated heterocycles. The summed E-state index contributed by atoms with van der Waals surface area (Å²) >= 11 is 0. The second-order valence-electron chi connectivity index (χ2n) is 10.3. The van der Waals surface area contributed by atoms with E-state index in [9.17, 15) is 0 Å². The molecule has 6 rings (SSSR count). The van der Waals surface area contributed by atoms with Crippen LogP contribution in [-0.2, 0) is 4.65 Å². The van der Waals surface area contributed by atoms with Crippen LogP contribution in [0.5, 0.6) is 17.2 Å². The van der Waals surface area contributed by atoms with Crippen LogP contribution in [0.4, 0.5) is 5.69 Å². The van der Waals surface area contributed by atoms with E-state index >= 15 is 0 Å². The first kappa shape index (κ1) is 25.4. The van der Waals surface area contributed by atoms with Crippen molar-refractivity contribution in [1.29, 1.82) is 0 Å². The fraction of sp³-hybridized carbons (Fsp3) is 0.273. The number of benzene rings is 4. The standard InChI is InChI=1S/C33H35BNO4/c1-3-5-23-35(24-6-4-2)27-19-15-25(16-20-27)17-22-30-29-21-18-26-11-7-8-12-28(26)33(29)39-34(36-30)37-31-13-9-10-14-32(31)38-34/h7-22,30H,3-6,23-24H2,1-2H3/q-1/b22-17+/t30-/m1/s1. The SMILES string of the molecule is CCCCN(CCCC)c1ccc(/C=C/[C@H]2O[B-]3(Oc4ccccc4O3)Oc3c2ccc2ccccc32)cc1. The van der Waals surface area contributed by atoms with Crippen LogP contribution in [0, 0.1) is 0 Å². The molecule has 1 atom stereocenters. The van der Waals surface area contributed by atoms with Gasteiger partial charge in [0.2, 0.25) is 0 Å². The normalized spacial score (nSPS) is 16.9. The minimum absolute atomic E-state index is 0.405. The van der Waals surface area contributed by atoms with Gasteiger partial charge < -0.3 is 23.5 Å². The zero-order valence-corrected chi connectivity index (χ0v) is 22.7. The van der Waals surface area contributed by atoms with Gasteiger partial charge in [-0.1, -0.05) is 99.5 Å². The Labute approximate surface area is 231 Å². The number of nitrogens with zero attached hydrogens (tertiary/aromatic N) is 1. The molecular formula is C33H35BNO4-. The number of rotatable bonds is 9. The first-order valence-electron chi connectivity index (χ1n) is 14.2. The van der Waals surface area contributed by atoms with Crippen molar-refractivity contribution in [1.82, 2.24) is 0 Å². The molecule has 0 N–H and O–H groups in total. The van der Waals surface area contributed by atoms with Crippen molar-refractivity contribution in [2.45, 2.75) is 45.6 Å². The average Bonchev–Trinajstić information content (AvgIpc) is 3.33. The van der Waals surface area contributed by atoms with Crippen LogP contribution in [0.3, 0.4) is 0 Å². The molecule has 4 aromatic rings. The van der Waals surface area contributed by atoms with Gasteiger partial charge in [0.05, 0.1) is 11.9 Å². The van der Waals surface area contributed by atoms with Crippen LogP contribution in [0.1, 0.15) is 56.8 Å². The van der Waals surface area contributed by atoms with Crippen LogP contribution >= 0.6 is 0 Å². The lowest BCUT2D eigenvalue weighted by Gasteiger charge is -2.43. The Bertz CT molecular complexity index is 1440. The van der Waals surface area contributed by atoms with E-state index in [1.54, 1.807) is 0 Å². The number of para-hydroxylation sites is 2. The van der Waals surface area contributed by atoms with E-state index in [0.29, 0.717) is 11.5 Å². The highest BCUT2D eigenvalue weighted by Gasteiger charge is 2.50. The highest BCUT2D eigenvalue weighted by Crippen LogP contribution is 2.47. The van der Waals surface area contributed by atoms with Gasteiger partial charge in [-0.2, -0.15) is 0 Å². The van der Waals surface area contributed by atoms with Gasteiger partial charge in [-0.3, -0.25) is 0 Å². The van der Waals surface area contributed by atoms with E-state index in [0.717, 1.165) is 40.7 Å². The number of hydrogen-bond donors (Lipinski definition) is 0. The van der Waals surface area contributed by atoms with Crippen LogP contribution in [0.25, 0.3) is 16.8 Å². The molecule has 0 fully saturated rings. The highest BCUT2D eigenvalue weighted by molar-refractivity contribution is 6.57. The summed E-state index contributed by atoms with van der Waals surface area (Å²) in [5, 5.41) is 2.10. The quantitative estimate of drug-likeness (QED) is 0.208. The minimum atomic E-state index is -2.50. The van der Waals surface area contributed by atoms with Gasteiger partial charge in [-0.15, -0.1) is 0 Å². The molecule has 2 heterocycles. The van der Waals surface area contributed by atoms with Crippen molar-refractivity contribution in [3.63, 3.8) is 0 Å². The zero-order chi connectivity index (χ0) is 26.7. The minimum Gasteiger partial charge on any atom is -0.622 e. The molecule has 0 amide bonds. The summed E-state index contributed by atoms with van der Waals surface area (Å²) in [6.45, 7) is 4.19. The van der Waals surface area contributed by atoms with Crippen molar-refractivity contribution in [2.75, 3.05) is 18.0 Å². The second kappa shape index (κ2) is 11.1. The molecule has 0 saturated carbocycles. The van der Waals surface area contributed by atoms with Crippen LogP contribution in [0.15, 0.2) is 91.0 Å². The largest absolute Gasteiger partial charge is 0.715 e. The van der Waals surface area contributed by atoms with Crippen molar-refractivity contribution in [3.8, 4) is 17.2 Å². The predicted octanol–water partition coefficient (Wildman–Crippen LogP) is 8.32. The summed E-state index contributed by atoms with van der Waals surface area (Å²) in [6.07, 6.45) is 8.58. The maximum atomic E-state index is 6.47. The van der Waals surface area contributed by atoms with E-state index in [4.69, 9.17) is 18.6 Å². The van der Waals surface area contributed by atoms with Crippen molar-refractivity contribution in [2.24, 2.45) is 0 Å². The first-order valence-corrected chi connectivity index (χ1v) is 14.2. The summed E-state index contributed by atoms with van der Waals surface area (Å²) in [5.74, 6) is 1.98. The lowest BCUT2D eigenvalue weighted by Crippen LogP contribution is -2.57. The van der Waals surface area contributed by atoms with Gasteiger partial charge in [-0.25, -0.2) is 0 Å². The summed E-state index contributed by atoms with van der Waals surface area (Å²) in [6, 6.07) is 28.7. The molecule has 0 aromatic heterocycles. The predicted molar refractivity (Wildman–Crippen MR) is 159 cm³/mol. The molecule has 39 heavy (non-hydrogen) atoms. The molecule has 2 aliphatic heterocycles. The third-order valence-corrected chi connectivity index (χ3v) is 7.47. The molecule has 0 aliphatic carbocycles. The Kier molecular flexibility index (Phi) is 7.21. The van der Waals surface area contributed by atoms with E-state index < -0.39 is 13.1 Å². The van der Waals surface area contributed by atoms with Gasteiger partial charge in [0, 0.05) is 29.7 Å². The number of anilines is 1. The van der Waals surface area contributed by atoms with E-state index in [1.165, 1.54) is 31.4 Å².